The molecule has 0 spiro atoms. The number of nitrogens with zero attached hydrogens (tertiary/aromatic N) is 3. The highest BCUT2D eigenvalue weighted by molar-refractivity contribution is 5.00. The maximum atomic E-state index is 9.86. The van der Waals surface area contributed by atoms with Crippen LogP contribution in [-0.2, 0) is 11.3 Å². The van der Waals surface area contributed by atoms with E-state index in [9.17, 15) is 5.11 Å². The van der Waals surface area contributed by atoms with Gasteiger partial charge >= 0.3 is 0 Å². The largest absolute Gasteiger partial charge is 0.384 e. The summed E-state index contributed by atoms with van der Waals surface area (Å²) in [5, 5.41) is 17.5. The Morgan fingerprint density at radius 1 is 1.64 bits per heavy atom. The molecule has 1 aromatic heterocycles. The summed E-state index contributed by atoms with van der Waals surface area (Å²) in [5.41, 5.74) is 0.709. The van der Waals surface area contributed by atoms with Crippen LogP contribution >= 0.6 is 0 Å². The molecule has 2 unspecified atom stereocenters. The number of hydrogen-bond acceptors (Lipinski definition) is 4. The summed E-state index contributed by atoms with van der Waals surface area (Å²) in [6.45, 7) is 4.63. The second-order valence-corrected chi connectivity index (χ2v) is 3.27. The van der Waals surface area contributed by atoms with Gasteiger partial charge in [0.1, 0.15) is 6.10 Å². The molecule has 0 aromatic carbocycles. The Morgan fingerprint density at radius 3 is 2.93 bits per heavy atom. The van der Waals surface area contributed by atoms with E-state index in [2.05, 4.69) is 17.2 Å². The standard InChI is InChI=1S/C9H17N3O2/c1-4-5-12-8(6-10-11-12)9(13)7(2)14-3/h6-7,9,13H,4-5H2,1-3H3. The summed E-state index contributed by atoms with van der Waals surface area (Å²) in [6.07, 6.45) is 1.63. The van der Waals surface area contributed by atoms with Crippen LogP contribution in [0.25, 0.3) is 0 Å². The van der Waals surface area contributed by atoms with Crippen molar-refractivity contribution in [1.29, 1.82) is 0 Å². The van der Waals surface area contributed by atoms with Gasteiger partial charge in [0.2, 0.25) is 0 Å². The third-order valence-electron chi connectivity index (χ3n) is 2.20. The number of hydrogen-bond donors (Lipinski definition) is 1. The molecule has 0 radical (unpaired) electrons. The molecule has 1 N–H and O–H groups in total. The van der Waals surface area contributed by atoms with E-state index >= 15 is 0 Å². The van der Waals surface area contributed by atoms with E-state index in [1.165, 1.54) is 0 Å². The van der Waals surface area contributed by atoms with Gasteiger partial charge in [0.15, 0.2) is 0 Å². The minimum Gasteiger partial charge on any atom is -0.384 e. The zero-order valence-electron chi connectivity index (χ0n) is 8.84. The second kappa shape index (κ2) is 5.07. The number of ether oxygens (including phenoxy) is 1. The van der Waals surface area contributed by atoms with Crippen LogP contribution in [0.4, 0.5) is 0 Å². The number of aryl methyl sites for hydroxylation is 1. The molecule has 14 heavy (non-hydrogen) atoms. The Hall–Kier alpha value is -0.940. The molecule has 0 bridgehead atoms. The first-order valence-corrected chi connectivity index (χ1v) is 4.80. The molecule has 0 amide bonds. The lowest BCUT2D eigenvalue weighted by molar-refractivity contribution is -0.00593. The predicted octanol–water partition coefficient (Wildman–Crippen LogP) is 0.756. The van der Waals surface area contributed by atoms with Crippen molar-refractivity contribution >= 4 is 0 Å². The van der Waals surface area contributed by atoms with Gasteiger partial charge in [-0.2, -0.15) is 0 Å². The second-order valence-electron chi connectivity index (χ2n) is 3.27. The first kappa shape index (κ1) is 11.1. The van der Waals surface area contributed by atoms with E-state index in [-0.39, 0.29) is 6.10 Å². The zero-order valence-corrected chi connectivity index (χ0v) is 8.84. The van der Waals surface area contributed by atoms with Crippen molar-refractivity contribution in [1.82, 2.24) is 15.0 Å². The molecule has 0 fully saturated rings. The Bertz CT molecular complexity index is 275. The molecule has 0 aliphatic carbocycles. The lowest BCUT2D eigenvalue weighted by Gasteiger charge is -2.17. The van der Waals surface area contributed by atoms with Gasteiger partial charge in [-0.05, 0) is 13.3 Å². The first-order valence-electron chi connectivity index (χ1n) is 4.80. The quantitative estimate of drug-likeness (QED) is 0.760. The normalized spacial score (nSPS) is 15.4. The van der Waals surface area contributed by atoms with Crippen molar-refractivity contribution in [2.24, 2.45) is 0 Å². The lowest BCUT2D eigenvalue weighted by atomic mass is 10.2. The molecule has 80 valence electrons. The number of methoxy groups -OCH3 is 1. The minimum absolute atomic E-state index is 0.246. The Balaban J connectivity index is 2.77. The van der Waals surface area contributed by atoms with Crippen LogP contribution in [0.5, 0.6) is 0 Å². The maximum absolute atomic E-state index is 9.86. The van der Waals surface area contributed by atoms with Crippen LogP contribution in [0.15, 0.2) is 6.20 Å². The van der Waals surface area contributed by atoms with Crippen LogP contribution in [0.2, 0.25) is 0 Å². The summed E-state index contributed by atoms with van der Waals surface area (Å²) in [4.78, 5) is 0. The molecule has 0 saturated carbocycles. The van der Waals surface area contributed by atoms with Crippen LogP contribution in [0, 0.1) is 0 Å². The van der Waals surface area contributed by atoms with Gasteiger partial charge in [-0.3, -0.25) is 0 Å². The van der Waals surface area contributed by atoms with E-state index in [1.807, 2.05) is 6.92 Å². The van der Waals surface area contributed by atoms with Crippen molar-refractivity contribution in [2.75, 3.05) is 7.11 Å². The average molecular weight is 199 g/mol. The topological polar surface area (TPSA) is 60.2 Å². The zero-order chi connectivity index (χ0) is 10.6. The van der Waals surface area contributed by atoms with Crippen LogP contribution in [-0.4, -0.2) is 33.3 Å². The van der Waals surface area contributed by atoms with Gasteiger partial charge in [-0.15, -0.1) is 5.10 Å². The Labute approximate surface area is 83.7 Å². The molecule has 5 heteroatoms. The highest BCUT2D eigenvalue weighted by Gasteiger charge is 2.20. The highest BCUT2D eigenvalue weighted by atomic mass is 16.5. The highest BCUT2D eigenvalue weighted by Crippen LogP contribution is 2.17. The monoisotopic (exact) mass is 199 g/mol. The van der Waals surface area contributed by atoms with Gasteiger partial charge in [0.05, 0.1) is 18.0 Å². The third kappa shape index (κ3) is 2.30. The number of aliphatic hydroxyl groups excluding tert-OH is 1. The van der Waals surface area contributed by atoms with E-state index in [4.69, 9.17) is 4.74 Å². The summed E-state index contributed by atoms with van der Waals surface area (Å²) in [6, 6.07) is 0. The van der Waals surface area contributed by atoms with Crippen LogP contribution < -0.4 is 0 Å². The van der Waals surface area contributed by atoms with Crippen molar-refractivity contribution in [3.63, 3.8) is 0 Å². The van der Waals surface area contributed by atoms with Crippen LogP contribution in [0.1, 0.15) is 32.1 Å². The third-order valence-corrected chi connectivity index (χ3v) is 2.20. The fourth-order valence-corrected chi connectivity index (χ4v) is 1.25. The molecule has 1 rings (SSSR count). The minimum atomic E-state index is -0.665. The van der Waals surface area contributed by atoms with E-state index in [1.54, 1.807) is 18.0 Å². The van der Waals surface area contributed by atoms with Gasteiger partial charge in [-0.25, -0.2) is 4.68 Å². The van der Waals surface area contributed by atoms with E-state index in [0.29, 0.717) is 5.69 Å². The molecule has 0 saturated heterocycles. The van der Waals surface area contributed by atoms with Gasteiger partial charge in [0.25, 0.3) is 0 Å². The van der Waals surface area contributed by atoms with Crippen LogP contribution in [0.3, 0.4) is 0 Å². The molecular weight excluding hydrogens is 182 g/mol. The van der Waals surface area contributed by atoms with Gasteiger partial charge in [-0.1, -0.05) is 12.1 Å². The summed E-state index contributed by atoms with van der Waals surface area (Å²) in [7, 11) is 1.57. The fourth-order valence-electron chi connectivity index (χ4n) is 1.25. The molecule has 2 atom stereocenters. The fraction of sp³-hybridized carbons (Fsp3) is 0.778. The molecule has 1 aromatic rings. The van der Waals surface area contributed by atoms with Crippen molar-refractivity contribution < 1.29 is 9.84 Å². The molecule has 1 heterocycles. The first-order chi connectivity index (χ1) is 6.70. The molecular formula is C9H17N3O2. The predicted molar refractivity (Wildman–Crippen MR) is 51.7 cm³/mol. The SMILES string of the molecule is CCCn1nncc1C(O)C(C)OC. The lowest BCUT2D eigenvalue weighted by Crippen LogP contribution is -2.20. The summed E-state index contributed by atoms with van der Waals surface area (Å²) < 4.78 is 6.76. The smallest absolute Gasteiger partial charge is 0.123 e. The summed E-state index contributed by atoms with van der Waals surface area (Å²) >= 11 is 0. The molecule has 5 nitrogen and oxygen atoms in total. The van der Waals surface area contributed by atoms with Gasteiger partial charge in [0, 0.05) is 13.7 Å². The van der Waals surface area contributed by atoms with E-state index in [0.717, 1.165) is 13.0 Å². The van der Waals surface area contributed by atoms with Crippen molar-refractivity contribution in [3.05, 3.63) is 11.9 Å². The number of aromatic nitrogens is 3. The molecule has 0 aliphatic heterocycles. The number of aliphatic hydroxyl groups is 1. The van der Waals surface area contributed by atoms with E-state index < -0.39 is 6.10 Å². The number of rotatable bonds is 5. The van der Waals surface area contributed by atoms with Crippen molar-refractivity contribution in [3.8, 4) is 0 Å². The Kier molecular flexibility index (Phi) is 4.03. The average Bonchev–Trinajstić information content (AvgIpc) is 2.64. The summed E-state index contributed by atoms with van der Waals surface area (Å²) in [5.74, 6) is 0. The van der Waals surface area contributed by atoms with Gasteiger partial charge < -0.3 is 9.84 Å². The van der Waals surface area contributed by atoms with Crippen molar-refractivity contribution in [2.45, 2.75) is 39.0 Å². The molecule has 0 aliphatic rings. The Morgan fingerprint density at radius 2 is 2.36 bits per heavy atom. The maximum Gasteiger partial charge on any atom is 0.123 e.